The van der Waals surface area contributed by atoms with Crippen molar-refractivity contribution in [2.75, 3.05) is 0 Å². The summed E-state index contributed by atoms with van der Waals surface area (Å²) in [5, 5.41) is 0. The van der Waals surface area contributed by atoms with Crippen LogP contribution in [0.15, 0.2) is 36.7 Å². The number of ether oxygens (including phenoxy) is 1. The molecule has 0 saturated carbocycles. The summed E-state index contributed by atoms with van der Waals surface area (Å²) in [7, 11) is 0. The zero-order chi connectivity index (χ0) is 12.3. The summed E-state index contributed by atoms with van der Waals surface area (Å²) in [5.74, 6) is 0.750. The number of aromatic nitrogens is 2. The molecule has 0 atom stereocenters. The molecule has 0 fully saturated rings. The summed E-state index contributed by atoms with van der Waals surface area (Å²) in [4.78, 5) is 18.9. The lowest BCUT2D eigenvalue weighted by Gasteiger charge is -2.12. The fourth-order valence-electron chi connectivity index (χ4n) is 1.53. The van der Waals surface area contributed by atoms with Crippen LogP contribution in [0.5, 0.6) is 5.75 Å². The summed E-state index contributed by atoms with van der Waals surface area (Å²) < 4.78 is 5.60. The Bertz CT molecular complexity index is 504. The lowest BCUT2D eigenvalue weighted by Crippen LogP contribution is -2.11. The number of benzene rings is 1. The van der Waals surface area contributed by atoms with Gasteiger partial charge in [0.25, 0.3) is 0 Å². The van der Waals surface area contributed by atoms with E-state index in [1.807, 2.05) is 26.0 Å². The summed E-state index contributed by atoms with van der Waals surface area (Å²) in [6.45, 7) is 3.85. The van der Waals surface area contributed by atoms with Crippen molar-refractivity contribution in [3.8, 4) is 5.75 Å². The van der Waals surface area contributed by atoms with Crippen molar-refractivity contribution in [1.29, 1.82) is 0 Å². The number of carbonyl (C=O) groups is 1. The molecule has 0 amide bonds. The number of nitrogens with zero attached hydrogens (tertiary/aromatic N) is 1. The van der Waals surface area contributed by atoms with E-state index in [1.54, 1.807) is 24.5 Å². The minimum atomic E-state index is -0.161. The zero-order valence-corrected chi connectivity index (χ0v) is 9.81. The first-order valence-electron chi connectivity index (χ1n) is 5.48. The Morgan fingerprint density at radius 2 is 2.12 bits per heavy atom. The van der Waals surface area contributed by atoms with E-state index in [4.69, 9.17) is 4.74 Å². The Hall–Kier alpha value is -2.10. The van der Waals surface area contributed by atoms with E-state index in [2.05, 4.69) is 9.97 Å². The van der Waals surface area contributed by atoms with Gasteiger partial charge in [0.05, 0.1) is 11.7 Å². The molecular formula is C13H14N2O2. The Morgan fingerprint density at radius 3 is 2.76 bits per heavy atom. The van der Waals surface area contributed by atoms with Crippen LogP contribution in [0.4, 0.5) is 0 Å². The standard InChI is InChI=1S/C13H14N2O2/c1-9(2)17-11-6-4-3-5-10(11)12(16)13-14-7-8-15-13/h3-9H,1-2H3,(H,14,15). The van der Waals surface area contributed by atoms with Gasteiger partial charge in [-0.25, -0.2) is 4.98 Å². The molecule has 17 heavy (non-hydrogen) atoms. The predicted molar refractivity (Wildman–Crippen MR) is 64.2 cm³/mol. The van der Waals surface area contributed by atoms with E-state index in [0.29, 0.717) is 17.1 Å². The molecule has 0 aliphatic rings. The molecule has 2 rings (SSSR count). The van der Waals surface area contributed by atoms with Crippen LogP contribution in [0.2, 0.25) is 0 Å². The number of hydrogen-bond acceptors (Lipinski definition) is 3. The monoisotopic (exact) mass is 230 g/mol. The average molecular weight is 230 g/mol. The third-order valence-electron chi connectivity index (χ3n) is 2.21. The third kappa shape index (κ3) is 2.53. The minimum Gasteiger partial charge on any atom is -0.490 e. The van der Waals surface area contributed by atoms with E-state index in [9.17, 15) is 4.79 Å². The van der Waals surface area contributed by atoms with Gasteiger partial charge in [-0.1, -0.05) is 12.1 Å². The Balaban J connectivity index is 2.35. The minimum absolute atomic E-state index is 0.0283. The molecule has 0 aliphatic carbocycles. The second kappa shape index (κ2) is 4.82. The maximum Gasteiger partial charge on any atom is 0.231 e. The van der Waals surface area contributed by atoms with Crippen molar-refractivity contribution in [1.82, 2.24) is 9.97 Å². The SMILES string of the molecule is CC(C)Oc1ccccc1C(=O)c1ncc[nH]1. The lowest BCUT2D eigenvalue weighted by atomic mass is 10.1. The molecule has 4 nitrogen and oxygen atoms in total. The topological polar surface area (TPSA) is 55.0 Å². The normalized spacial score (nSPS) is 10.5. The molecule has 1 aromatic carbocycles. The van der Waals surface area contributed by atoms with E-state index in [1.165, 1.54) is 0 Å². The third-order valence-corrected chi connectivity index (χ3v) is 2.21. The molecule has 4 heteroatoms. The number of carbonyl (C=O) groups excluding carboxylic acids is 1. The maximum absolute atomic E-state index is 12.1. The number of para-hydroxylation sites is 1. The van der Waals surface area contributed by atoms with Gasteiger partial charge < -0.3 is 9.72 Å². The summed E-state index contributed by atoms with van der Waals surface area (Å²) >= 11 is 0. The molecule has 0 unspecified atom stereocenters. The largest absolute Gasteiger partial charge is 0.490 e. The highest BCUT2D eigenvalue weighted by Crippen LogP contribution is 2.21. The molecule has 0 saturated heterocycles. The van der Waals surface area contributed by atoms with Crippen molar-refractivity contribution < 1.29 is 9.53 Å². The van der Waals surface area contributed by atoms with Crippen LogP contribution < -0.4 is 4.74 Å². The van der Waals surface area contributed by atoms with Crippen molar-refractivity contribution in [3.05, 3.63) is 48.0 Å². The molecule has 1 N–H and O–H groups in total. The Labute approximate surface area is 99.7 Å². The number of nitrogens with one attached hydrogen (secondary N) is 1. The van der Waals surface area contributed by atoms with Gasteiger partial charge in [-0.2, -0.15) is 0 Å². The number of H-pyrrole nitrogens is 1. The molecule has 0 radical (unpaired) electrons. The van der Waals surface area contributed by atoms with Gasteiger partial charge >= 0.3 is 0 Å². The van der Waals surface area contributed by atoms with Crippen LogP contribution in [0.1, 0.15) is 30.0 Å². The number of aromatic amines is 1. The number of rotatable bonds is 4. The van der Waals surface area contributed by atoms with Crippen molar-refractivity contribution in [3.63, 3.8) is 0 Å². The highest BCUT2D eigenvalue weighted by Gasteiger charge is 2.16. The molecule has 0 spiro atoms. The second-order valence-corrected chi connectivity index (χ2v) is 3.93. The Kier molecular flexibility index (Phi) is 3.23. The van der Waals surface area contributed by atoms with Crippen molar-refractivity contribution >= 4 is 5.78 Å². The lowest BCUT2D eigenvalue weighted by molar-refractivity contribution is 0.102. The van der Waals surface area contributed by atoms with Gasteiger partial charge in [-0.05, 0) is 26.0 Å². The number of ketones is 1. The van der Waals surface area contributed by atoms with E-state index in [-0.39, 0.29) is 11.9 Å². The molecule has 1 heterocycles. The molecule has 1 aromatic heterocycles. The highest BCUT2D eigenvalue weighted by atomic mass is 16.5. The van der Waals surface area contributed by atoms with Gasteiger partial charge in [0.15, 0.2) is 5.82 Å². The van der Waals surface area contributed by atoms with Crippen LogP contribution in [0, 0.1) is 0 Å². The predicted octanol–water partition coefficient (Wildman–Crippen LogP) is 2.43. The molecule has 0 bridgehead atoms. The molecular weight excluding hydrogens is 216 g/mol. The van der Waals surface area contributed by atoms with E-state index >= 15 is 0 Å². The van der Waals surface area contributed by atoms with Gasteiger partial charge in [0.2, 0.25) is 5.78 Å². The van der Waals surface area contributed by atoms with Crippen molar-refractivity contribution in [2.24, 2.45) is 0 Å². The van der Waals surface area contributed by atoms with Gasteiger partial charge in [-0.15, -0.1) is 0 Å². The smallest absolute Gasteiger partial charge is 0.231 e. The fraction of sp³-hybridized carbons (Fsp3) is 0.231. The van der Waals surface area contributed by atoms with Crippen LogP contribution >= 0.6 is 0 Å². The van der Waals surface area contributed by atoms with Gasteiger partial charge in [0, 0.05) is 12.4 Å². The highest BCUT2D eigenvalue weighted by molar-refractivity contribution is 6.08. The van der Waals surface area contributed by atoms with Crippen molar-refractivity contribution in [2.45, 2.75) is 20.0 Å². The fourth-order valence-corrected chi connectivity index (χ4v) is 1.53. The van der Waals surface area contributed by atoms with Crippen LogP contribution in [-0.4, -0.2) is 21.9 Å². The van der Waals surface area contributed by atoms with Gasteiger partial charge in [-0.3, -0.25) is 4.79 Å². The van der Waals surface area contributed by atoms with E-state index < -0.39 is 0 Å². The summed E-state index contributed by atoms with van der Waals surface area (Å²) in [6.07, 6.45) is 3.21. The van der Waals surface area contributed by atoms with Crippen LogP contribution in [0.3, 0.4) is 0 Å². The average Bonchev–Trinajstić information content (AvgIpc) is 2.81. The first-order chi connectivity index (χ1) is 8.18. The zero-order valence-electron chi connectivity index (χ0n) is 9.81. The first kappa shape index (κ1) is 11.4. The second-order valence-electron chi connectivity index (χ2n) is 3.93. The Morgan fingerprint density at radius 1 is 1.35 bits per heavy atom. The first-order valence-corrected chi connectivity index (χ1v) is 5.48. The van der Waals surface area contributed by atoms with Crippen LogP contribution in [0.25, 0.3) is 0 Å². The van der Waals surface area contributed by atoms with Crippen LogP contribution in [-0.2, 0) is 0 Å². The maximum atomic E-state index is 12.1. The quantitative estimate of drug-likeness (QED) is 0.821. The van der Waals surface area contributed by atoms with E-state index in [0.717, 1.165) is 0 Å². The van der Waals surface area contributed by atoms with Gasteiger partial charge in [0.1, 0.15) is 5.75 Å². The molecule has 88 valence electrons. The molecule has 2 aromatic rings. The number of imidazole rings is 1. The molecule has 0 aliphatic heterocycles. The summed E-state index contributed by atoms with van der Waals surface area (Å²) in [6, 6.07) is 7.18. The summed E-state index contributed by atoms with van der Waals surface area (Å²) in [5.41, 5.74) is 0.524. The number of hydrogen-bond donors (Lipinski definition) is 1.